The van der Waals surface area contributed by atoms with E-state index in [-0.39, 0.29) is 16.3 Å². The van der Waals surface area contributed by atoms with Gasteiger partial charge in [0.1, 0.15) is 4.21 Å². The van der Waals surface area contributed by atoms with Crippen molar-refractivity contribution in [3.8, 4) is 0 Å². The van der Waals surface area contributed by atoms with E-state index in [1.165, 1.54) is 12.3 Å². The van der Waals surface area contributed by atoms with Gasteiger partial charge in [-0.2, -0.15) is 0 Å². The van der Waals surface area contributed by atoms with Gasteiger partial charge in [0.2, 0.25) is 10.0 Å². The Labute approximate surface area is 96.6 Å². The third-order valence-electron chi connectivity index (χ3n) is 1.66. The second kappa shape index (κ2) is 4.91. The molecule has 0 spiro atoms. The highest BCUT2D eigenvalue weighted by Gasteiger charge is 2.18. The van der Waals surface area contributed by atoms with Gasteiger partial charge in [-0.05, 0) is 13.0 Å². The van der Waals surface area contributed by atoms with Crippen LogP contribution in [-0.4, -0.2) is 37.2 Å². The first-order valence-electron chi connectivity index (χ1n) is 4.32. The number of aliphatic hydroxyl groups excluding tert-OH is 1. The fraction of sp³-hybridized carbons (Fsp3) is 0.375. The molecule has 0 aliphatic rings. The molecule has 3 N–H and O–H groups in total. The number of hydrogen-bond acceptors (Lipinski definition) is 5. The lowest BCUT2D eigenvalue weighted by atomic mass is 10.4. The molecule has 0 saturated carbocycles. The number of rotatable bonds is 5. The fourth-order valence-electron chi connectivity index (χ4n) is 0.871. The lowest BCUT2D eigenvalue weighted by Crippen LogP contribution is -2.30. The molecule has 1 aromatic heterocycles. The smallest absolute Gasteiger partial charge is 0.336 e. The van der Waals surface area contributed by atoms with Crippen LogP contribution in [0.15, 0.2) is 15.7 Å². The first kappa shape index (κ1) is 13.1. The highest BCUT2D eigenvalue weighted by molar-refractivity contribution is 7.91. The molecule has 1 aromatic rings. The molecule has 1 unspecified atom stereocenters. The van der Waals surface area contributed by atoms with Gasteiger partial charge in [-0.3, -0.25) is 0 Å². The number of hydrogen-bond donors (Lipinski definition) is 3. The molecule has 0 bridgehead atoms. The Kier molecular flexibility index (Phi) is 4.03. The topological polar surface area (TPSA) is 104 Å². The van der Waals surface area contributed by atoms with Crippen molar-refractivity contribution in [3.05, 3.63) is 17.0 Å². The number of thiophene rings is 1. The van der Waals surface area contributed by atoms with Gasteiger partial charge in [0.15, 0.2) is 0 Å². The lowest BCUT2D eigenvalue weighted by molar-refractivity contribution is 0.0697. The summed E-state index contributed by atoms with van der Waals surface area (Å²) in [4.78, 5) is 10.6. The molecule has 0 radical (unpaired) electrons. The Morgan fingerprint density at radius 3 is 2.69 bits per heavy atom. The number of aliphatic hydroxyl groups is 1. The summed E-state index contributed by atoms with van der Waals surface area (Å²) in [6, 6.07) is 1.08. The fourth-order valence-corrected chi connectivity index (χ4v) is 3.19. The average molecular weight is 265 g/mol. The van der Waals surface area contributed by atoms with Crippen molar-refractivity contribution < 1.29 is 23.4 Å². The molecule has 90 valence electrons. The van der Waals surface area contributed by atoms with Gasteiger partial charge in [0.05, 0.1) is 11.7 Å². The summed E-state index contributed by atoms with van der Waals surface area (Å²) >= 11 is 0.824. The Morgan fingerprint density at radius 1 is 1.62 bits per heavy atom. The van der Waals surface area contributed by atoms with Gasteiger partial charge in [-0.25, -0.2) is 17.9 Å². The van der Waals surface area contributed by atoms with E-state index in [0.29, 0.717) is 0 Å². The zero-order valence-electron chi connectivity index (χ0n) is 8.37. The van der Waals surface area contributed by atoms with Crippen molar-refractivity contribution >= 4 is 27.3 Å². The maximum absolute atomic E-state index is 11.6. The van der Waals surface area contributed by atoms with E-state index in [2.05, 4.69) is 4.72 Å². The van der Waals surface area contributed by atoms with Gasteiger partial charge < -0.3 is 10.2 Å². The molecule has 8 heteroatoms. The normalized spacial score (nSPS) is 13.6. The summed E-state index contributed by atoms with van der Waals surface area (Å²) in [5.41, 5.74) is -0.0672. The molecule has 1 heterocycles. The Balaban J connectivity index is 2.86. The largest absolute Gasteiger partial charge is 0.478 e. The predicted molar refractivity (Wildman–Crippen MR) is 58.1 cm³/mol. The van der Waals surface area contributed by atoms with Gasteiger partial charge in [-0.1, -0.05) is 0 Å². The van der Waals surface area contributed by atoms with Crippen molar-refractivity contribution in [2.75, 3.05) is 6.54 Å². The molecule has 0 aliphatic heterocycles. The van der Waals surface area contributed by atoms with Gasteiger partial charge in [0, 0.05) is 11.9 Å². The van der Waals surface area contributed by atoms with Crippen LogP contribution in [0, 0.1) is 0 Å². The second-order valence-corrected chi connectivity index (χ2v) is 6.07. The molecule has 0 aliphatic carbocycles. The molecule has 1 atom stereocenters. The SMILES string of the molecule is CC(O)CNS(=O)(=O)c1cc(C(=O)O)cs1. The van der Waals surface area contributed by atoms with Crippen LogP contribution >= 0.6 is 11.3 Å². The Hall–Kier alpha value is -0.960. The van der Waals surface area contributed by atoms with E-state index in [1.54, 1.807) is 0 Å². The number of nitrogens with one attached hydrogen (secondary N) is 1. The zero-order chi connectivity index (χ0) is 12.3. The lowest BCUT2D eigenvalue weighted by Gasteiger charge is -2.05. The summed E-state index contributed by atoms with van der Waals surface area (Å²) in [6.45, 7) is 1.34. The van der Waals surface area contributed by atoms with Crippen molar-refractivity contribution in [1.29, 1.82) is 0 Å². The molecular weight excluding hydrogens is 254 g/mol. The van der Waals surface area contributed by atoms with Crippen molar-refractivity contribution in [1.82, 2.24) is 4.72 Å². The van der Waals surface area contributed by atoms with Crippen molar-refractivity contribution in [2.45, 2.75) is 17.2 Å². The highest BCUT2D eigenvalue weighted by Crippen LogP contribution is 2.19. The molecule has 0 fully saturated rings. The second-order valence-electron chi connectivity index (χ2n) is 3.16. The maximum atomic E-state index is 11.6. The quantitative estimate of drug-likeness (QED) is 0.700. The van der Waals surface area contributed by atoms with Gasteiger partial charge >= 0.3 is 5.97 Å². The summed E-state index contributed by atoms with van der Waals surface area (Å²) < 4.78 is 25.2. The van der Waals surface area contributed by atoms with E-state index in [1.807, 2.05) is 0 Å². The van der Waals surface area contributed by atoms with Crippen LogP contribution in [0.2, 0.25) is 0 Å². The Bertz CT molecular complexity index is 476. The molecule has 0 amide bonds. The first-order valence-corrected chi connectivity index (χ1v) is 6.69. The standard InChI is InChI=1S/C8H11NO5S2/c1-5(10)3-9-16(13,14)7-2-6(4-15-7)8(11)12/h2,4-5,9-10H,3H2,1H3,(H,11,12). The zero-order valence-corrected chi connectivity index (χ0v) is 10.0. The summed E-state index contributed by atoms with van der Waals surface area (Å²) in [6.07, 6.45) is -0.798. The highest BCUT2D eigenvalue weighted by atomic mass is 32.2. The molecular formula is C8H11NO5S2. The number of carbonyl (C=O) groups is 1. The molecule has 6 nitrogen and oxygen atoms in total. The van der Waals surface area contributed by atoms with Crippen molar-refractivity contribution in [3.63, 3.8) is 0 Å². The van der Waals surface area contributed by atoms with Crippen LogP contribution in [-0.2, 0) is 10.0 Å². The van der Waals surface area contributed by atoms with E-state index >= 15 is 0 Å². The molecule has 0 aromatic carbocycles. The maximum Gasteiger partial charge on any atom is 0.336 e. The van der Waals surface area contributed by atoms with Gasteiger partial charge in [-0.15, -0.1) is 11.3 Å². The van der Waals surface area contributed by atoms with Crippen LogP contribution in [0.25, 0.3) is 0 Å². The van der Waals surface area contributed by atoms with E-state index < -0.39 is 22.1 Å². The number of carboxylic acids is 1. The summed E-state index contributed by atoms with van der Waals surface area (Å²) in [7, 11) is -3.72. The number of carboxylic acid groups (broad SMARTS) is 1. The van der Waals surface area contributed by atoms with Crippen LogP contribution in [0.5, 0.6) is 0 Å². The van der Waals surface area contributed by atoms with E-state index in [4.69, 9.17) is 10.2 Å². The van der Waals surface area contributed by atoms with Crippen molar-refractivity contribution in [2.24, 2.45) is 0 Å². The third kappa shape index (κ3) is 3.27. The minimum Gasteiger partial charge on any atom is -0.478 e. The monoisotopic (exact) mass is 265 g/mol. The number of aromatic carboxylic acids is 1. The first-order chi connectivity index (χ1) is 7.33. The minimum atomic E-state index is -3.72. The molecule has 16 heavy (non-hydrogen) atoms. The summed E-state index contributed by atoms with van der Waals surface area (Å²) in [5.74, 6) is -1.17. The minimum absolute atomic E-state index is 0.0672. The van der Waals surface area contributed by atoms with Crippen LogP contribution in [0.3, 0.4) is 0 Å². The predicted octanol–water partition coefficient (Wildman–Crippen LogP) is 0.105. The Morgan fingerprint density at radius 2 is 2.25 bits per heavy atom. The van der Waals surface area contributed by atoms with Crippen LogP contribution in [0.1, 0.15) is 17.3 Å². The number of sulfonamides is 1. The van der Waals surface area contributed by atoms with E-state index in [9.17, 15) is 13.2 Å². The third-order valence-corrected chi connectivity index (χ3v) is 4.52. The van der Waals surface area contributed by atoms with Crippen LogP contribution < -0.4 is 4.72 Å². The molecule has 0 saturated heterocycles. The molecule has 1 rings (SSSR count). The van der Waals surface area contributed by atoms with Crippen LogP contribution in [0.4, 0.5) is 0 Å². The summed E-state index contributed by atoms with van der Waals surface area (Å²) in [5, 5.41) is 18.8. The average Bonchev–Trinajstić information content (AvgIpc) is 2.64. The van der Waals surface area contributed by atoms with E-state index in [0.717, 1.165) is 17.4 Å². The van der Waals surface area contributed by atoms with Gasteiger partial charge in [0.25, 0.3) is 0 Å².